The third-order valence-corrected chi connectivity index (χ3v) is 5.46. The van der Waals surface area contributed by atoms with E-state index in [1.165, 1.54) is 17.7 Å². The van der Waals surface area contributed by atoms with Crippen LogP contribution in [0.4, 0.5) is 4.79 Å². The van der Waals surface area contributed by atoms with E-state index in [1.807, 2.05) is 30.0 Å². The number of rotatable bonds is 6. The van der Waals surface area contributed by atoms with Crippen molar-refractivity contribution in [1.82, 2.24) is 10.6 Å². The van der Waals surface area contributed by atoms with Crippen LogP contribution in [0, 0.1) is 0 Å². The van der Waals surface area contributed by atoms with E-state index in [0.717, 1.165) is 19.4 Å². The molecule has 0 spiro atoms. The number of primary amides is 1. The van der Waals surface area contributed by atoms with Gasteiger partial charge in [-0.15, -0.1) is 11.8 Å². The van der Waals surface area contributed by atoms with Crippen molar-refractivity contribution in [1.29, 1.82) is 0 Å². The molecule has 0 heterocycles. The molecule has 1 saturated carbocycles. The van der Waals surface area contributed by atoms with Crippen LogP contribution in [0.2, 0.25) is 0 Å². The molecule has 0 aromatic heterocycles. The van der Waals surface area contributed by atoms with Crippen molar-refractivity contribution in [2.24, 2.45) is 5.73 Å². The molecule has 1 aromatic carbocycles. The predicted octanol–water partition coefficient (Wildman–Crippen LogP) is 2.26. The lowest BCUT2D eigenvalue weighted by molar-refractivity contribution is -0.121. The largest absolute Gasteiger partial charge is 0.351 e. The topological polar surface area (TPSA) is 84.2 Å². The first-order chi connectivity index (χ1) is 10.5. The van der Waals surface area contributed by atoms with E-state index in [1.54, 1.807) is 6.92 Å². The zero-order valence-electron chi connectivity index (χ0n) is 12.8. The maximum atomic E-state index is 11.7. The number of urea groups is 1. The highest BCUT2D eigenvalue weighted by Gasteiger charge is 2.35. The van der Waals surface area contributed by atoms with Crippen LogP contribution >= 0.6 is 11.8 Å². The van der Waals surface area contributed by atoms with E-state index in [4.69, 9.17) is 5.73 Å². The Kier molecular flexibility index (Phi) is 5.85. The van der Waals surface area contributed by atoms with Crippen LogP contribution < -0.4 is 16.4 Å². The summed E-state index contributed by atoms with van der Waals surface area (Å²) >= 11 is 1.88. The van der Waals surface area contributed by atoms with Crippen molar-refractivity contribution in [2.45, 2.75) is 48.3 Å². The molecule has 1 aliphatic carbocycles. The van der Waals surface area contributed by atoms with E-state index in [0.29, 0.717) is 0 Å². The highest BCUT2D eigenvalue weighted by atomic mass is 32.2. The van der Waals surface area contributed by atoms with Crippen LogP contribution in [0.5, 0.6) is 0 Å². The van der Waals surface area contributed by atoms with Crippen molar-refractivity contribution in [3.63, 3.8) is 0 Å². The van der Waals surface area contributed by atoms with Crippen LogP contribution in [0.3, 0.4) is 0 Å². The number of hydrogen-bond acceptors (Lipinski definition) is 4. The molecule has 0 aliphatic heterocycles. The molecule has 4 N–H and O–H groups in total. The summed E-state index contributed by atoms with van der Waals surface area (Å²) in [6.45, 7) is 2.48. The Balaban J connectivity index is 1.94. The van der Waals surface area contributed by atoms with E-state index in [-0.39, 0.29) is 10.7 Å². The molecule has 2 rings (SSSR count). The highest BCUT2D eigenvalue weighted by molar-refractivity contribution is 8.00. The number of nitrogens with one attached hydrogen (secondary N) is 2. The summed E-state index contributed by atoms with van der Waals surface area (Å²) in [6.07, 6.45) is 4.68. The number of benzene rings is 1. The smallest absolute Gasteiger partial charge is 0.318 e. The maximum absolute atomic E-state index is 11.7. The Morgan fingerprint density at radius 1 is 1.27 bits per heavy atom. The molecule has 22 heavy (non-hydrogen) atoms. The normalized spacial score (nSPS) is 17.9. The molecule has 1 atom stereocenters. The van der Waals surface area contributed by atoms with Crippen LogP contribution in [0.15, 0.2) is 35.2 Å². The minimum atomic E-state index is -0.812. The second kappa shape index (κ2) is 7.65. The Hall–Kier alpha value is -1.53. The summed E-state index contributed by atoms with van der Waals surface area (Å²) in [6, 6.07) is 9.08. The molecule has 120 valence electrons. The zero-order chi connectivity index (χ0) is 16.0. The van der Waals surface area contributed by atoms with Gasteiger partial charge in [0.1, 0.15) is 0 Å². The summed E-state index contributed by atoms with van der Waals surface area (Å²) in [7, 11) is 0. The van der Waals surface area contributed by atoms with Gasteiger partial charge in [0.2, 0.25) is 5.91 Å². The fourth-order valence-corrected chi connectivity index (χ4v) is 4.18. The summed E-state index contributed by atoms with van der Waals surface area (Å²) in [5, 5.41) is 5.36. The number of carbonyl (C=O) groups excluding carboxylic acids is 2. The Labute approximate surface area is 135 Å². The van der Waals surface area contributed by atoms with E-state index >= 15 is 0 Å². The zero-order valence-corrected chi connectivity index (χ0v) is 13.6. The van der Waals surface area contributed by atoms with Crippen LogP contribution in [0.25, 0.3) is 0 Å². The minimum Gasteiger partial charge on any atom is -0.351 e. The number of hydrogen-bond donors (Lipinski definition) is 3. The molecule has 1 fully saturated rings. The van der Waals surface area contributed by atoms with Gasteiger partial charge in [0.15, 0.2) is 0 Å². The van der Waals surface area contributed by atoms with Crippen LogP contribution in [-0.4, -0.2) is 29.3 Å². The first-order valence-electron chi connectivity index (χ1n) is 7.58. The third-order valence-electron chi connectivity index (χ3n) is 3.96. The van der Waals surface area contributed by atoms with Crippen molar-refractivity contribution < 1.29 is 9.59 Å². The quantitative estimate of drug-likeness (QED) is 0.750. The van der Waals surface area contributed by atoms with Gasteiger partial charge in [-0.1, -0.05) is 31.0 Å². The van der Waals surface area contributed by atoms with Crippen LogP contribution in [0.1, 0.15) is 32.6 Å². The van der Waals surface area contributed by atoms with Gasteiger partial charge in [0.05, 0.1) is 6.04 Å². The fourth-order valence-electron chi connectivity index (χ4n) is 2.73. The number of carbonyl (C=O) groups is 2. The van der Waals surface area contributed by atoms with Crippen molar-refractivity contribution in [3.8, 4) is 0 Å². The van der Waals surface area contributed by atoms with Crippen molar-refractivity contribution >= 4 is 23.7 Å². The molecule has 1 aromatic rings. The van der Waals surface area contributed by atoms with Gasteiger partial charge in [-0.25, -0.2) is 4.79 Å². The fraction of sp³-hybridized carbons (Fsp3) is 0.500. The predicted molar refractivity (Wildman–Crippen MR) is 88.7 cm³/mol. The SMILES string of the molecule is C[C@H](NCC1(Sc2ccccc2)CCCC1)C(=O)NC(N)=O. The van der Waals surface area contributed by atoms with Gasteiger partial charge in [-0.05, 0) is 31.9 Å². The number of thioether (sulfide) groups is 1. The molecule has 0 unspecified atom stereocenters. The minimum absolute atomic E-state index is 0.114. The summed E-state index contributed by atoms with van der Waals surface area (Å²) in [4.78, 5) is 23.7. The highest BCUT2D eigenvalue weighted by Crippen LogP contribution is 2.44. The lowest BCUT2D eigenvalue weighted by atomic mass is 10.1. The molecular formula is C16H23N3O2S. The monoisotopic (exact) mass is 321 g/mol. The summed E-state index contributed by atoms with van der Waals surface area (Å²) < 4.78 is 0.114. The third kappa shape index (κ3) is 4.74. The number of amides is 3. The average Bonchev–Trinajstić information content (AvgIpc) is 2.94. The van der Waals surface area contributed by atoms with Gasteiger partial charge >= 0.3 is 6.03 Å². The molecular weight excluding hydrogens is 298 g/mol. The number of imide groups is 1. The Bertz CT molecular complexity index is 515. The van der Waals surface area contributed by atoms with Crippen molar-refractivity contribution in [2.75, 3.05) is 6.54 Å². The molecule has 0 bridgehead atoms. The lowest BCUT2D eigenvalue weighted by Gasteiger charge is -2.30. The summed E-state index contributed by atoms with van der Waals surface area (Å²) in [5.41, 5.74) is 4.97. The lowest BCUT2D eigenvalue weighted by Crippen LogP contribution is -2.49. The van der Waals surface area contributed by atoms with E-state index < -0.39 is 12.1 Å². The molecule has 0 radical (unpaired) electrons. The molecule has 3 amide bonds. The Morgan fingerprint density at radius 3 is 2.50 bits per heavy atom. The van der Waals surface area contributed by atoms with Crippen LogP contribution in [-0.2, 0) is 4.79 Å². The second-order valence-corrected chi connectivity index (χ2v) is 7.30. The average molecular weight is 321 g/mol. The van der Waals surface area contributed by atoms with Gasteiger partial charge < -0.3 is 11.1 Å². The van der Waals surface area contributed by atoms with Gasteiger partial charge in [-0.3, -0.25) is 10.1 Å². The second-order valence-electron chi connectivity index (χ2n) is 5.76. The standard InChI is InChI=1S/C16H23N3O2S/c1-12(14(20)19-15(17)21)18-11-16(9-5-6-10-16)22-13-7-3-2-4-8-13/h2-4,7-8,12,18H,5-6,9-11H2,1H3,(H3,17,19,20,21)/t12-/m0/s1. The first kappa shape index (κ1) is 16.8. The Morgan fingerprint density at radius 2 is 1.91 bits per heavy atom. The van der Waals surface area contributed by atoms with E-state index in [9.17, 15) is 9.59 Å². The molecule has 0 saturated heterocycles. The van der Waals surface area contributed by atoms with Gasteiger partial charge in [0, 0.05) is 16.2 Å². The van der Waals surface area contributed by atoms with Gasteiger partial charge in [-0.2, -0.15) is 0 Å². The van der Waals surface area contributed by atoms with Gasteiger partial charge in [0.25, 0.3) is 0 Å². The molecule has 5 nitrogen and oxygen atoms in total. The number of nitrogens with two attached hydrogens (primary N) is 1. The molecule has 1 aliphatic rings. The van der Waals surface area contributed by atoms with E-state index in [2.05, 4.69) is 22.8 Å². The molecule has 6 heteroatoms. The van der Waals surface area contributed by atoms with Crippen molar-refractivity contribution in [3.05, 3.63) is 30.3 Å². The maximum Gasteiger partial charge on any atom is 0.318 e. The summed E-state index contributed by atoms with van der Waals surface area (Å²) in [5.74, 6) is -0.384. The first-order valence-corrected chi connectivity index (χ1v) is 8.40.